The van der Waals surface area contributed by atoms with Crippen LogP contribution in [0.15, 0.2) is 5.38 Å². The highest BCUT2D eigenvalue weighted by molar-refractivity contribution is 7.09. The van der Waals surface area contributed by atoms with E-state index in [4.69, 9.17) is 9.72 Å². The molecular formula is C13H21N3OS. The predicted octanol–water partition coefficient (Wildman–Crippen LogP) is 1.61. The third-order valence-electron chi connectivity index (χ3n) is 3.87. The molecule has 0 bridgehead atoms. The quantitative estimate of drug-likeness (QED) is 0.883. The van der Waals surface area contributed by atoms with Gasteiger partial charge in [0.05, 0.1) is 17.3 Å². The van der Waals surface area contributed by atoms with Crippen molar-refractivity contribution in [1.82, 2.24) is 15.2 Å². The minimum atomic E-state index is 0.162. The van der Waals surface area contributed by atoms with Crippen molar-refractivity contribution in [3.05, 3.63) is 16.1 Å². The van der Waals surface area contributed by atoms with Crippen molar-refractivity contribution < 1.29 is 4.74 Å². The van der Waals surface area contributed by atoms with Crippen LogP contribution in [-0.4, -0.2) is 49.7 Å². The van der Waals surface area contributed by atoms with Gasteiger partial charge in [0.15, 0.2) is 0 Å². The van der Waals surface area contributed by atoms with Gasteiger partial charge < -0.3 is 15.0 Å². The molecule has 1 unspecified atom stereocenters. The number of nitrogens with one attached hydrogen (secondary N) is 1. The van der Waals surface area contributed by atoms with Gasteiger partial charge in [-0.25, -0.2) is 4.98 Å². The van der Waals surface area contributed by atoms with Crippen molar-refractivity contribution in [2.45, 2.75) is 24.9 Å². The summed E-state index contributed by atoms with van der Waals surface area (Å²) < 4.78 is 5.76. The molecule has 1 N–H and O–H groups in total. The Kier molecular flexibility index (Phi) is 3.94. The second-order valence-electron chi connectivity index (χ2n) is 5.25. The lowest BCUT2D eigenvalue weighted by Crippen LogP contribution is -2.33. The third-order valence-corrected chi connectivity index (χ3v) is 4.89. The van der Waals surface area contributed by atoms with Crippen molar-refractivity contribution in [2.24, 2.45) is 0 Å². The molecule has 4 nitrogen and oxygen atoms in total. The average Bonchev–Trinajstić information content (AvgIpc) is 2.90. The van der Waals surface area contributed by atoms with E-state index in [0.29, 0.717) is 5.92 Å². The maximum Gasteiger partial charge on any atom is 0.113 e. The second kappa shape index (κ2) is 5.65. The molecule has 0 spiro atoms. The Hall–Kier alpha value is -0.490. The summed E-state index contributed by atoms with van der Waals surface area (Å²) in [7, 11) is 2.20. The van der Waals surface area contributed by atoms with Crippen LogP contribution in [0.3, 0.4) is 0 Å². The Morgan fingerprint density at radius 2 is 2.28 bits per heavy atom. The molecule has 0 aliphatic carbocycles. The Morgan fingerprint density at radius 1 is 1.44 bits per heavy atom. The summed E-state index contributed by atoms with van der Waals surface area (Å²) in [5.74, 6) is 0.663. The van der Waals surface area contributed by atoms with E-state index in [9.17, 15) is 0 Å². The van der Waals surface area contributed by atoms with E-state index >= 15 is 0 Å². The second-order valence-corrected chi connectivity index (χ2v) is 6.14. The van der Waals surface area contributed by atoms with Gasteiger partial charge in [0.2, 0.25) is 0 Å². The summed E-state index contributed by atoms with van der Waals surface area (Å²) in [6, 6.07) is 0. The highest BCUT2D eigenvalue weighted by Crippen LogP contribution is 2.31. The van der Waals surface area contributed by atoms with Crippen molar-refractivity contribution in [3.8, 4) is 0 Å². The first-order chi connectivity index (χ1) is 8.83. The molecule has 3 heterocycles. The van der Waals surface area contributed by atoms with Gasteiger partial charge in [0.1, 0.15) is 6.10 Å². The summed E-state index contributed by atoms with van der Waals surface area (Å²) in [6.07, 6.45) is 2.65. The van der Waals surface area contributed by atoms with E-state index in [1.165, 1.54) is 30.9 Å². The average molecular weight is 267 g/mol. The summed E-state index contributed by atoms with van der Waals surface area (Å²) in [6.45, 7) is 5.05. The van der Waals surface area contributed by atoms with Gasteiger partial charge in [-0.05, 0) is 33.0 Å². The first-order valence-corrected chi connectivity index (χ1v) is 7.67. The number of thiazole rings is 1. The van der Waals surface area contributed by atoms with Crippen LogP contribution in [0.4, 0.5) is 0 Å². The number of ether oxygens (including phenoxy) is 1. The Morgan fingerprint density at radius 3 is 3.00 bits per heavy atom. The Balaban J connectivity index is 1.65. The molecule has 2 saturated heterocycles. The normalized spacial score (nSPS) is 27.5. The molecule has 0 amide bonds. The molecule has 1 aromatic rings. The number of rotatable bonds is 2. The minimum absolute atomic E-state index is 0.162. The van der Waals surface area contributed by atoms with Crippen LogP contribution in [0, 0.1) is 0 Å². The molecule has 0 aromatic carbocycles. The maximum atomic E-state index is 5.76. The molecular weight excluding hydrogens is 246 g/mol. The van der Waals surface area contributed by atoms with Gasteiger partial charge in [0, 0.05) is 24.4 Å². The number of hydrogen-bond acceptors (Lipinski definition) is 5. The van der Waals surface area contributed by atoms with E-state index in [0.717, 1.165) is 25.4 Å². The van der Waals surface area contributed by atoms with Crippen LogP contribution >= 0.6 is 11.3 Å². The highest BCUT2D eigenvalue weighted by Gasteiger charge is 2.24. The van der Waals surface area contributed by atoms with Crippen molar-refractivity contribution >= 4 is 11.3 Å². The van der Waals surface area contributed by atoms with Crippen LogP contribution in [0.25, 0.3) is 0 Å². The van der Waals surface area contributed by atoms with E-state index in [-0.39, 0.29) is 6.10 Å². The molecule has 2 aliphatic heterocycles. The summed E-state index contributed by atoms with van der Waals surface area (Å²) >= 11 is 1.81. The van der Waals surface area contributed by atoms with E-state index in [1.807, 2.05) is 11.3 Å². The van der Waals surface area contributed by atoms with E-state index in [2.05, 4.69) is 22.6 Å². The zero-order valence-electron chi connectivity index (χ0n) is 10.9. The van der Waals surface area contributed by atoms with Gasteiger partial charge in [-0.2, -0.15) is 0 Å². The van der Waals surface area contributed by atoms with Crippen molar-refractivity contribution in [2.75, 3.05) is 39.8 Å². The number of aromatic nitrogens is 1. The molecule has 0 radical (unpaired) electrons. The first-order valence-electron chi connectivity index (χ1n) is 6.79. The predicted molar refractivity (Wildman–Crippen MR) is 73.1 cm³/mol. The molecule has 0 saturated carbocycles. The Bertz CT molecular complexity index is 381. The SMILES string of the molecule is CN1CCC(c2nc(C3CNCCO3)cs2)CC1. The molecule has 18 heavy (non-hydrogen) atoms. The number of piperidine rings is 1. The number of hydrogen-bond donors (Lipinski definition) is 1. The molecule has 2 fully saturated rings. The molecule has 3 rings (SSSR count). The number of likely N-dealkylation sites (tertiary alicyclic amines) is 1. The fourth-order valence-electron chi connectivity index (χ4n) is 2.65. The first kappa shape index (κ1) is 12.5. The lowest BCUT2D eigenvalue weighted by molar-refractivity contribution is 0.0252. The maximum absolute atomic E-state index is 5.76. The smallest absolute Gasteiger partial charge is 0.113 e. The summed E-state index contributed by atoms with van der Waals surface area (Å²) in [5, 5.41) is 6.86. The molecule has 1 aromatic heterocycles. The summed E-state index contributed by atoms with van der Waals surface area (Å²) in [4.78, 5) is 7.22. The van der Waals surface area contributed by atoms with Crippen LogP contribution < -0.4 is 5.32 Å². The van der Waals surface area contributed by atoms with Crippen molar-refractivity contribution in [1.29, 1.82) is 0 Å². The fourth-order valence-corrected chi connectivity index (χ4v) is 3.68. The van der Waals surface area contributed by atoms with Crippen LogP contribution in [0.1, 0.15) is 35.6 Å². The van der Waals surface area contributed by atoms with E-state index < -0.39 is 0 Å². The van der Waals surface area contributed by atoms with Gasteiger partial charge >= 0.3 is 0 Å². The number of nitrogens with zero attached hydrogens (tertiary/aromatic N) is 2. The monoisotopic (exact) mass is 267 g/mol. The van der Waals surface area contributed by atoms with Gasteiger partial charge in [-0.3, -0.25) is 0 Å². The van der Waals surface area contributed by atoms with Gasteiger partial charge in [-0.1, -0.05) is 0 Å². The van der Waals surface area contributed by atoms with Crippen LogP contribution in [-0.2, 0) is 4.74 Å². The Labute approximate surface area is 112 Å². The standard InChI is InChI=1S/C13H21N3OS/c1-16-5-2-10(3-6-16)13-15-11(9-18-13)12-8-14-4-7-17-12/h9-10,12,14H,2-8H2,1H3. The van der Waals surface area contributed by atoms with Crippen molar-refractivity contribution in [3.63, 3.8) is 0 Å². The number of morpholine rings is 1. The highest BCUT2D eigenvalue weighted by atomic mass is 32.1. The fraction of sp³-hybridized carbons (Fsp3) is 0.769. The topological polar surface area (TPSA) is 37.4 Å². The van der Waals surface area contributed by atoms with Gasteiger partial charge in [0.25, 0.3) is 0 Å². The lowest BCUT2D eigenvalue weighted by Gasteiger charge is -2.27. The zero-order chi connectivity index (χ0) is 12.4. The molecule has 1 atom stereocenters. The van der Waals surface area contributed by atoms with E-state index in [1.54, 1.807) is 0 Å². The third kappa shape index (κ3) is 2.74. The largest absolute Gasteiger partial charge is 0.369 e. The molecule has 100 valence electrons. The zero-order valence-corrected chi connectivity index (χ0v) is 11.7. The minimum Gasteiger partial charge on any atom is -0.369 e. The van der Waals surface area contributed by atoms with Crippen LogP contribution in [0.5, 0.6) is 0 Å². The van der Waals surface area contributed by atoms with Crippen LogP contribution in [0.2, 0.25) is 0 Å². The summed E-state index contributed by atoms with van der Waals surface area (Å²) in [5.41, 5.74) is 1.13. The lowest BCUT2D eigenvalue weighted by atomic mass is 9.98. The molecule has 2 aliphatic rings. The molecule has 5 heteroatoms. The van der Waals surface area contributed by atoms with Gasteiger partial charge in [-0.15, -0.1) is 11.3 Å².